The highest BCUT2D eigenvalue weighted by Crippen LogP contribution is 2.12. The maximum absolute atomic E-state index is 13.0. The van der Waals surface area contributed by atoms with Crippen molar-refractivity contribution in [1.82, 2.24) is 25.4 Å². The molecule has 0 bridgehead atoms. The first kappa shape index (κ1) is 19.3. The molecule has 146 valence electrons. The van der Waals surface area contributed by atoms with Gasteiger partial charge in [-0.25, -0.2) is 4.39 Å². The number of hydrogen-bond acceptors (Lipinski definition) is 4. The topological polar surface area (TPSA) is 76.4 Å². The lowest BCUT2D eigenvalue weighted by molar-refractivity contribution is 0.223. The van der Waals surface area contributed by atoms with Crippen LogP contribution in [0.3, 0.4) is 0 Å². The van der Waals surface area contributed by atoms with E-state index in [1.807, 2.05) is 41.8 Å². The van der Waals surface area contributed by atoms with Crippen molar-refractivity contribution < 1.29 is 9.13 Å². The summed E-state index contributed by atoms with van der Waals surface area (Å²) in [5, 5.41) is 14.6. The summed E-state index contributed by atoms with van der Waals surface area (Å²) in [7, 11) is 1.70. The van der Waals surface area contributed by atoms with Gasteiger partial charge in [-0.2, -0.15) is 0 Å². The smallest absolute Gasteiger partial charge is 0.191 e. The van der Waals surface area contributed by atoms with Crippen molar-refractivity contribution in [3.8, 4) is 11.4 Å². The number of nitrogens with one attached hydrogen (secondary N) is 2. The van der Waals surface area contributed by atoms with E-state index < -0.39 is 0 Å². The van der Waals surface area contributed by atoms with Gasteiger partial charge in [0.1, 0.15) is 24.0 Å². The van der Waals surface area contributed by atoms with Crippen molar-refractivity contribution >= 4 is 5.96 Å². The van der Waals surface area contributed by atoms with Crippen molar-refractivity contribution in [1.29, 1.82) is 0 Å². The molecule has 2 N–H and O–H groups in total. The second kappa shape index (κ2) is 9.50. The lowest BCUT2D eigenvalue weighted by Crippen LogP contribution is -2.41. The third kappa shape index (κ3) is 5.29. The number of para-hydroxylation sites is 1. The molecular weight excluding hydrogens is 359 g/mol. The summed E-state index contributed by atoms with van der Waals surface area (Å²) in [4.78, 5) is 4.21. The largest absolute Gasteiger partial charge is 0.489 e. The maximum atomic E-state index is 13.0. The first-order chi connectivity index (χ1) is 13.7. The highest BCUT2D eigenvalue weighted by Gasteiger charge is 2.09. The predicted molar refractivity (Wildman–Crippen MR) is 106 cm³/mol. The van der Waals surface area contributed by atoms with E-state index in [1.165, 1.54) is 12.1 Å². The molecule has 7 nitrogen and oxygen atoms in total. The molecule has 3 aromatic rings. The zero-order valence-corrected chi connectivity index (χ0v) is 15.8. The van der Waals surface area contributed by atoms with Gasteiger partial charge in [0.25, 0.3) is 0 Å². The normalized spacial score (nSPS) is 12.5. The molecule has 2 aromatic carbocycles. The molecule has 0 radical (unpaired) electrons. The minimum absolute atomic E-state index is 0.128. The van der Waals surface area contributed by atoms with Gasteiger partial charge in [-0.05, 0) is 43.3 Å². The van der Waals surface area contributed by atoms with Gasteiger partial charge in [0.05, 0.1) is 13.1 Å². The van der Waals surface area contributed by atoms with Crippen molar-refractivity contribution in [2.75, 3.05) is 13.6 Å². The molecule has 0 aliphatic heterocycles. The second-order valence-corrected chi connectivity index (χ2v) is 6.14. The van der Waals surface area contributed by atoms with Crippen molar-refractivity contribution in [2.24, 2.45) is 4.99 Å². The van der Waals surface area contributed by atoms with Crippen LogP contribution in [0.25, 0.3) is 5.69 Å². The number of guanidine groups is 1. The van der Waals surface area contributed by atoms with Gasteiger partial charge in [0, 0.05) is 12.7 Å². The zero-order chi connectivity index (χ0) is 19.8. The van der Waals surface area contributed by atoms with Crippen molar-refractivity contribution in [2.45, 2.75) is 19.6 Å². The van der Waals surface area contributed by atoms with Crippen LogP contribution in [-0.4, -0.2) is 40.4 Å². The van der Waals surface area contributed by atoms with E-state index in [0.29, 0.717) is 24.8 Å². The standard InChI is InChI=1S/C20H23FN6O/c1-15(28-18-10-8-16(21)9-11-18)12-23-20(22-2)24-13-19-26-25-14-27(19)17-6-4-3-5-7-17/h3-11,14-15H,12-13H2,1-2H3,(H2,22,23,24). The van der Waals surface area contributed by atoms with Gasteiger partial charge in [0.15, 0.2) is 11.8 Å². The van der Waals surface area contributed by atoms with Gasteiger partial charge < -0.3 is 15.4 Å². The Balaban J connectivity index is 1.50. The molecule has 0 aliphatic rings. The van der Waals surface area contributed by atoms with E-state index in [9.17, 15) is 4.39 Å². The molecule has 1 unspecified atom stereocenters. The number of benzene rings is 2. The minimum Gasteiger partial charge on any atom is -0.489 e. The van der Waals surface area contributed by atoms with Crippen LogP contribution in [0.15, 0.2) is 65.9 Å². The van der Waals surface area contributed by atoms with Crippen LogP contribution in [0.1, 0.15) is 12.7 Å². The van der Waals surface area contributed by atoms with Gasteiger partial charge >= 0.3 is 0 Å². The summed E-state index contributed by atoms with van der Waals surface area (Å²) in [5.41, 5.74) is 0.994. The number of aliphatic imine (C=N–C) groups is 1. The highest BCUT2D eigenvalue weighted by atomic mass is 19.1. The van der Waals surface area contributed by atoms with Gasteiger partial charge in [-0.3, -0.25) is 9.56 Å². The number of rotatable bonds is 7. The Morgan fingerprint density at radius 1 is 1.14 bits per heavy atom. The fourth-order valence-electron chi connectivity index (χ4n) is 2.59. The average molecular weight is 382 g/mol. The summed E-state index contributed by atoms with van der Waals surface area (Å²) in [6.07, 6.45) is 1.55. The average Bonchev–Trinajstić information content (AvgIpc) is 3.19. The van der Waals surface area contributed by atoms with Crippen LogP contribution >= 0.6 is 0 Å². The second-order valence-electron chi connectivity index (χ2n) is 6.14. The Morgan fingerprint density at radius 3 is 2.61 bits per heavy atom. The van der Waals surface area contributed by atoms with E-state index in [2.05, 4.69) is 25.8 Å². The van der Waals surface area contributed by atoms with Gasteiger partial charge in [-0.15, -0.1) is 10.2 Å². The van der Waals surface area contributed by atoms with Crippen molar-refractivity contribution in [3.05, 3.63) is 72.6 Å². The fourth-order valence-corrected chi connectivity index (χ4v) is 2.59. The number of hydrogen-bond donors (Lipinski definition) is 2. The first-order valence-corrected chi connectivity index (χ1v) is 8.97. The molecule has 1 heterocycles. The van der Waals surface area contributed by atoms with Gasteiger partial charge in [0.2, 0.25) is 0 Å². The van der Waals surface area contributed by atoms with E-state index >= 15 is 0 Å². The molecular formula is C20H23FN6O. The molecule has 0 saturated carbocycles. The third-order valence-electron chi connectivity index (χ3n) is 4.00. The Kier molecular flexibility index (Phi) is 6.56. The van der Waals surface area contributed by atoms with E-state index in [1.54, 1.807) is 25.5 Å². The fraction of sp³-hybridized carbons (Fsp3) is 0.250. The Hall–Kier alpha value is -3.42. The minimum atomic E-state index is -0.286. The third-order valence-corrected chi connectivity index (χ3v) is 4.00. The number of halogens is 1. The summed E-state index contributed by atoms with van der Waals surface area (Å²) in [5.74, 6) is 1.72. The summed E-state index contributed by atoms with van der Waals surface area (Å²) >= 11 is 0. The number of aromatic nitrogens is 3. The lowest BCUT2D eigenvalue weighted by Gasteiger charge is -2.17. The van der Waals surface area contributed by atoms with Crippen LogP contribution in [0.4, 0.5) is 4.39 Å². The quantitative estimate of drug-likeness (QED) is 0.485. The highest BCUT2D eigenvalue weighted by molar-refractivity contribution is 5.79. The Bertz CT molecular complexity index is 895. The SMILES string of the molecule is CN=C(NCc1nncn1-c1ccccc1)NCC(C)Oc1ccc(F)cc1. The molecule has 8 heteroatoms. The van der Waals surface area contributed by atoms with E-state index in [4.69, 9.17) is 4.74 Å². The summed E-state index contributed by atoms with van der Waals surface area (Å²) in [6, 6.07) is 15.9. The first-order valence-electron chi connectivity index (χ1n) is 8.97. The predicted octanol–water partition coefficient (Wildman–Crippen LogP) is 2.54. The zero-order valence-electron chi connectivity index (χ0n) is 15.8. The molecule has 0 fully saturated rings. The van der Waals surface area contributed by atoms with Crippen molar-refractivity contribution in [3.63, 3.8) is 0 Å². The molecule has 28 heavy (non-hydrogen) atoms. The van der Waals surface area contributed by atoms with Crippen LogP contribution in [0, 0.1) is 5.82 Å². The molecule has 1 aromatic heterocycles. The Morgan fingerprint density at radius 2 is 1.89 bits per heavy atom. The number of nitrogens with zero attached hydrogens (tertiary/aromatic N) is 4. The maximum Gasteiger partial charge on any atom is 0.191 e. The Labute approximate surface area is 163 Å². The van der Waals surface area contributed by atoms with Crippen LogP contribution < -0.4 is 15.4 Å². The molecule has 0 saturated heterocycles. The van der Waals surface area contributed by atoms with Crippen LogP contribution in [0.5, 0.6) is 5.75 Å². The lowest BCUT2D eigenvalue weighted by atomic mass is 10.3. The molecule has 3 rings (SSSR count). The molecule has 0 aliphatic carbocycles. The molecule has 0 spiro atoms. The molecule has 0 amide bonds. The van der Waals surface area contributed by atoms with Gasteiger partial charge in [-0.1, -0.05) is 18.2 Å². The summed E-state index contributed by atoms with van der Waals surface area (Å²) in [6.45, 7) is 2.92. The van der Waals surface area contributed by atoms with E-state index in [-0.39, 0.29) is 11.9 Å². The number of ether oxygens (including phenoxy) is 1. The summed E-state index contributed by atoms with van der Waals surface area (Å²) < 4.78 is 20.6. The molecule has 1 atom stereocenters. The van der Waals surface area contributed by atoms with E-state index in [0.717, 1.165) is 11.5 Å². The van der Waals surface area contributed by atoms with Crippen LogP contribution in [0.2, 0.25) is 0 Å². The van der Waals surface area contributed by atoms with Crippen LogP contribution in [-0.2, 0) is 6.54 Å². The monoisotopic (exact) mass is 382 g/mol.